The molecule has 0 aliphatic heterocycles. The van der Waals surface area contributed by atoms with Gasteiger partial charge in [0.15, 0.2) is 5.65 Å². The molecule has 3 N–H and O–H groups in total. The molecular formula is C20H15F3N6O4S. The quantitative estimate of drug-likeness (QED) is 0.436. The standard InChI is InChI=1S/C20H15F3N6O4S/c21-20(22,23)12-3-1-5-14(7-12)29-18-16(9-26-29)19(31)28(11-25-18)10-17(30)27-13-4-2-6-15(8-13)34(24,32)33/h1-9,11H,10H2,(H,27,30)(H2,24,32,33). The summed E-state index contributed by atoms with van der Waals surface area (Å²) in [5, 5.41) is 11.5. The number of hydrogen-bond donors (Lipinski definition) is 2. The maximum atomic E-state index is 13.0. The van der Waals surface area contributed by atoms with E-state index in [1.54, 1.807) is 0 Å². The van der Waals surface area contributed by atoms with Crippen LogP contribution in [0.2, 0.25) is 0 Å². The number of alkyl halides is 3. The normalized spacial score (nSPS) is 12.1. The number of rotatable bonds is 5. The smallest absolute Gasteiger partial charge is 0.324 e. The van der Waals surface area contributed by atoms with Crippen LogP contribution in [0.3, 0.4) is 0 Å². The van der Waals surface area contributed by atoms with Crippen molar-refractivity contribution in [1.29, 1.82) is 0 Å². The summed E-state index contributed by atoms with van der Waals surface area (Å²) in [5.74, 6) is -0.653. The Labute approximate surface area is 189 Å². The molecule has 2 aromatic carbocycles. The van der Waals surface area contributed by atoms with Gasteiger partial charge in [-0.05, 0) is 36.4 Å². The van der Waals surface area contributed by atoms with Crippen molar-refractivity contribution >= 4 is 32.7 Å². The molecular weight excluding hydrogens is 477 g/mol. The average Bonchev–Trinajstić information content (AvgIpc) is 3.20. The van der Waals surface area contributed by atoms with Gasteiger partial charge in [-0.1, -0.05) is 12.1 Å². The fourth-order valence-electron chi connectivity index (χ4n) is 3.17. The molecule has 0 atom stereocenters. The predicted molar refractivity (Wildman–Crippen MR) is 115 cm³/mol. The Hall–Kier alpha value is -4.04. The van der Waals surface area contributed by atoms with E-state index in [9.17, 15) is 31.2 Å². The molecule has 0 aliphatic rings. The number of sulfonamides is 1. The molecule has 0 spiro atoms. The van der Waals surface area contributed by atoms with Crippen molar-refractivity contribution in [2.24, 2.45) is 5.14 Å². The maximum Gasteiger partial charge on any atom is 0.416 e. The van der Waals surface area contributed by atoms with Gasteiger partial charge in [0, 0.05) is 5.69 Å². The second-order valence-corrected chi connectivity index (χ2v) is 8.70. The minimum atomic E-state index is -4.56. The Kier molecular flexibility index (Phi) is 5.70. The molecule has 10 nitrogen and oxygen atoms in total. The van der Waals surface area contributed by atoms with Crippen LogP contribution in [-0.4, -0.2) is 33.7 Å². The van der Waals surface area contributed by atoms with E-state index in [0.29, 0.717) is 0 Å². The van der Waals surface area contributed by atoms with Crippen LogP contribution in [0.1, 0.15) is 5.56 Å². The lowest BCUT2D eigenvalue weighted by Crippen LogP contribution is -2.28. The molecule has 0 fully saturated rings. The molecule has 0 saturated heterocycles. The summed E-state index contributed by atoms with van der Waals surface area (Å²) >= 11 is 0. The average molecular weight is 492 g/mol. The fraction of sp³-hybridized carbons (Fsp3) is 0.100. The Morgan fingerprint density at radius 1 is 1.12 bits per heavy atom. The number of carbonyl (C=O) groups excluding carboxylic acids is 1. The fourth-order valence-corrected chi connectivity index (χ4v) is 3.73. The predicted octanol–water partition coefficient (Wildman–Crippen LogP) is 1.89. The van der Waals surface area contributed by atoms with Gasteiger partial charge < -0.3 is 5.32 Å². The number of carbonyl (C=O) groups is 1. The summed E-state index contributed by atoms with van der Waals surface area (Å²) in [6, 6.07) is 9.63. The summed E-state index contributed by atoms with van der Waals surface area (Å²) in [7, 11) is -3.97. The number of anilines is 1. The Morgan fingerprint density at radius 3 is 2.56 bits per heavy atom. The number of nitrogens with two attached hydrogens (primary N) is 1. The minimum absolute atomic E-state index is 0.0102. The highest BCUT2D eigenvalue weighted by Crippen LogP contribution is 2.30. The van der Waals surface area contributed by atoms with Gasteiger partial charge in [0.1, 0.15) is 18.3 Å². The third-order valence-electron chi connectivity index (χ3n) is 4.73. The van der Waals surface area contributed by atoms with Gasteiger partial charge in [-0.2, -0.15) is 18.3 Å². The van der Waals surface area contributed by atoms with Gasteiger partial charge >= 0.3 is 6.18 Å². The molecule has 4 rings (SSSR count). The first-order valence-electron chi connectivity index (χ1n) is 9.47. The maximum absolute atomic E-state index is 13.0. The highest BCUT2D eigenvalue weighted by molar-refractivity contribution is 7.89. The van der Waals surface area contributed by atoms with Crippen molar-refractivity contribution in [3.05, 3.63) is 77.0 Å². The van der Waals surface area contributed by atoms with Crippen LogP contribution in [0, 0.1) is 0 Å². The van der Waals surface area contributed by atoms with E-state index in [4.69, 9.17) is 5.14 Å². The van der Waals surface area contributed by atoms with Gasteiger partial charge in [-0.3, -0.25) is 14.2 Å². The van der Waals surface area contributed by atoms with Gasteiger partial charge in [-0.25, -0.2) is 23.2 Å². The molecule has 4 aromatic rings. The van der Waals surface area contributed by atoms with Crippen molar-refractivity contribution in [2.45, 2.75) is 17.6 Å². The molecule has 14 heteroatoms. The number of nitrogens with zero attached hydrogens (tertiary/aromatic N) is 4. The number of halogens is 3. The van der Waals surface area contributed by atoms with Crippen LogP contribution in [0.4, 0.5) is 18.9 Å². The summed E-state index contributed by atoms with van der Waals surface area (Å²) in [4.78, 5) is 29.1. The number of hydrogen-bond acceptors (Lipinski definition) is 6. The first kappa shape index (κ1) is 23.1. The highest BCUT2D eigenvalue weighted by atomic mass is 32.2. The summed E-state index contributed by atoms with van der Waals surface area (Å²) in [6.45, 7) is -0.462. The van der Waals surface area contributed by atoms with Crippen molar-refractivity contribution in [3.8, 4) is 5.69 Å². The van der Waals surface area contributed by atoms with Crippen molar-refractivity contribution in [2.75, 3.05) is 5.32 Å². The first-order chi connectivity index (χ1) is 15.9. The van der Waals surface area contributed by atoms with Crippen LogP contribution in [0.25, 0.3) is 16.7 Å². The number of benzene rings is 2. The zero-order valence-electron chi connectivity index (χ0n) is 17.0. The van der Waals surface area contributed by atoms with E-state index in [1.807, 2.05) is 0 Å². The van der Waals surface area contributed by atoms with E-state index < -0.39 is 39.8 Å². The van der Waals surface area contributed by atoms with Crippen LogP contribution >= 0.6 is 0 Å². The third kappa shape index (κ3) is 4.67. The molecule has 0 bridgehead atoms. The van der Waals surface area contributed by atoms with Crippen LogP contribution in [-0.2, 0) is 27.5 Å². The Balaban J connectivity index is 1.60. The zero-order valence-corrected chi connectivity index (χ0v) is 17.8. The first-order valence-corrected chi connectivity index (χ1v) is 11.0. The Morgan fingerprint density at radius 2 is 1.85 bits per heavy atom. The lowest BCUT2D eigenvalue weighted by Gasteiger charge is -2.10. The molecule has 0 aliphatic carbocycles. The van der Waals surface area contributed by atoms with Crippen LogP contribution in [0.15, 0.2) is 70.7 Å². The number of fused-ring (bicyclic) bond motifs is 1. The van der Waals surface area contributed by atoms with Crippen LogP contribution < -0.4 is 16.0 Å². The highest BCUT2D eigenvalue weighted by Gasteiger charge is 2.30. The molecule has 2 aromatic heterocycles. The molecule has 0 radical (unpaired) electrons. The van der Waals surface area contributed by atoms with Gasteiger partial charge in [-0.15, -0.1) is 0 Å². The van der Waals surface area contributed by atoms with E-state index in [2.05, 4.69) is 15.4 Å². The lowest BCUT2D eigenvalue weighted by atomic mass is 10.2. The van der Waals surface area contributed by atoms with Gasteiger partial charge in [0.2, 0.25) is 15.9 Å². The number of nitrogens with one attached hydrogen (secondary N) is 1. The Bertz CT molecular complexity index is 1580. The van der Waals surface area contributed by atoms with E-state index in [-0.39, 0.29) is 27.3 Å². The monoisotopic (exact) mass is 492 g/mol. The van der Waals surface area contributed by atoms with Crippen molar-refractivity contribution in [1.82, 2.24) is 19.3 Å². The lowest BCUT2D eigenvalue weighted by molar-refractivity contribution is -0.137. The molecule has 1 amide bonds. The van der Waals surface area contributed by atoms with Gasteiger partial charge in [0.05, 0.1) is 22.3 Å². The number of amides is 1. The van der Waals surface area contributed by atoms with Crippen molar-refractivity contribution < 1.29 is 26.4 Å². The van der Waals surface area contributed by atoms with Gasteiger partial charge in [0.25, 0.3) is 5.56 Å². The van der Waals surface area contributed by atoms with Crippen molar-refractivity contribution in [3.63, 3.8) is 0 Å². The molecule has 0 unspecified atom stereocenters. The molecule has 2 heterocycles. The topological polar surface area (TPSA) is 142 Å². The molecule has 176 valence electrons. The second kappa shape index (κ2) is 8.39. The number of aromatic nitrogens is 4. The zero-order chi connectivity index (χ0) is 24.7. The largest absolute Gasteiger partial charge is 0.416 e. The van der Waals surface area contributed by atoms with E-state index >= 15 is 0 Å². The second-order valence-electron chi connectivity index (χ2n) is 7.14. The summed E-state index contributed by atoms with van der Waals surface area (Å²) < 4.78 is 64.1. The SMILES string of the molecule is NS(=O)(=O)c1cccc(NC(=O)Cn2cnc3c(cnn3-c3cccc(C(F)(F)F)c3)c2=O)c1. The van der Waals surface area contributed by atoms with Crippen LogP contribution in [0.5, 0.6) is 0 Å². The summed E-state index contributed by atoms with van der Waals surface area (Å²) in [5.41, 5.74) is -1.30. The number of primary sulfonamides is 1. The molecule has 34 heavy (non-hydrogen) atoms. The minimum Gasteiger partial charge on any atom is -0.324 e. The third-order valence-corrected chi connectivity index (χ3v) is 5.64. The van der Waals surface area contributed by atoms with E-state index in [0.717, 1.165) is 40.0 Å². The van der Waals surface area contributed by atoms with E-state index in [1.165, 1.54) is 30.3 Å². The molecule has 0 saturated carbocycles. The summed E-state index contributed by atoms with van der Waals surface area (Å²) in [6.07, 6.45) is -2.34.